The molecule has 150 valence electrons. The van der Waals surface area contributed by atoms with Crippen LogP contribution in [0.3, 0.4) is 0 Å². The predicted octanol–water partition coefficient (Wildman–Crippen LogP) is 3.65. The molecule has 8 nitrogen and oxygen atoms in total. The van der Waals surface area contributed by atoms with Crippen LogP contribution in [0.4, 0.5) is 23.1 Å². The monoisotopic (exact) mass is 399 g/mol. The molecule has 0 spiro atoms. The summed E-state index contributed by atoms with van der Waals surface area (Å²) in [5.41, 5.74) is 10.9. The summed E-state index contributed by atoms with van der Waals surface area (Å²) < 4.78 is 0. The van der Waals surface area contributed by atoms with Crippen LogP contribution in [0.5, 0.6) is 0 Å². The van der Waals surface area contributed by atoms with E-state index in [0.29, 0.717) is 23.0 Å². The van der Waals surface area contributed by atoms with Crippen molar-refractivity contribution in [1.82, 2.24) is 15.2 Å². The van der Waals surface area contributed by atoms with E-state index in [4.69, 9.17) is 11.0 Å². The first kappa shape index (κ1) is 20.5. The van der Waals surface area contributed by atoms with Gasteiger partial charge >= 0.3 is 0 Å². The molecule has 2 aromatic carbocycles. The van der Waals surface area contributed by atoms with E-state index in [2.05, 4.69) is 31.9 Å². The third-order valence-electron chi connectivity index (χ3n) is 4.36. The molecule has 0 bridgehead atoms. The van der Waals surface area contributed by atoms with Gasteiger partial charge in [0.25, 0.3) is 0 Å². The Kier molecular flexibility index (Phi) is 6.03. The van der Waals surface area contributed by atoms with Gasteiger partial charge < -0.3 is 16.4 Å². The molecular formula is C22H21N7O. The number of rotatable bonds is 6. The number of anilines is 4. The van der Waals surface area contributed by atoms with Crippen LogP contribution in [0.15, 0.2) is 42.5 Å². The second-order valence-electron chi connectivity index (χ2n) is 6.77. The molecule has 1 aromatic heterocycles. The smallest absolute Gasteiger partial charge is 0.249 e. The number of carbonyl (C=O) groups is 1. The van der Waals surface area contributed by atoms with E-state index in [1.807, 2.05) is 32.9 Å². The van der Waals surface area contributed by atoms with Gasteiger partial charge in [-0.3, -0.25) is 4.79 Å². The summed E-state index contributed by atoms with van der Waals surface area (Å²) in [4.78, 5) is 15.5. The van der Waals surface area contributed by atoms with Crippen molar-refractivity contribution < 1.29 is 4.79 Å². The highest BCUT2D eigenvalue weighted by molar-refractivity contribution is 5.90. The minimum atomic E-state index is -0.488. The molecule has 1 amide bonds. The molecule has 4 N–H and O–H groups in total. The lowest BCUT2D eigenvalue weighted by Crippen LogP contribution is -2.07. The lowest BCUT2D eigenvalue weighted by molar-refractivity contribution is -0.113. The van der Waals surface area contributed by atoms with Gasteiger partial charge in [-0.2, -0.15) is 10.2 Å². The van der Waals surface area contributed by atoms with Crippen LogP contribution in [-0.4, -0.2) is 21.1 Å². The maximum atomic E-state index is 11.0. The van der Waals surface area contributed by atoms with Gasteiger partial charge in [0.1, 0.15) is 5.69 Å². The second kappa shape index (κ2) is 8.84. The van der Waals surface area contributed by atoms with Gasteiger partial charge in [-0.1, -0.05) is 0 Å². The largest absolute Gasteiger partial charge is 0.366 e. The van der Waals surface area contributed by atoms with Gasteiger partial charge in [-0.15, -0.1) is 10.2 Å². The van der Waals surface area contributed by atoms with Crippen molar-refractivity contribution >= 4 is 35.1 Å². The lowest BCUT2D eigenvalue weighted by Gasteiger charge is -2.15. The molecule has 1 heterocycles. The standard InChI is InChI=1S/C22H21N7O/c1-13-10-17(6-9-19(24)30)11-14(2)20(13)26-21-15(3)28-29-22(27-21)25-18-7-4-16(12-23)5-8-18/h4-11H,1-3H3,(H2,24,30)(H2,25,26,27,29). The summed E-state index contributed by atoms with van der Waals surface area (Å²) in [7, 11) is 0. The highest BCUT2D eigenvalue weighted by Crippen LogP contribution is 2.27. The molecule has 0 radical (unpaired) electrons. The Morgan fingerprint density at radius 3 is 2.33 bits per heavy atom. The number of nitrogens with one attached hydrogen (secondary N) is 2. The normalized spacial score (nSPS) is 10.6. The molecule has 0 aliphatic carbocycles. The van der Waals surface area contributed by atoms with Crippen molar-refractivity contribution in [3.8, 4) is 6.07 Å². The van der Waals surface area contributed by atoms with Crippen LogP contribution >= 0.6 is 0 Å². The first-order chi connectivity index (χ1) is 14.4. The van der Waals surface area contributed by atoms with E-state index in [1.54, 1.807) is 30.3 Å². The summed E-state index contributed by atoms with van der Waals surface area (Å²) in [6, 6.07) is 13.0. The van der Waals surface area contributed by atoms with E-state index in [1.165, 1.54) is 6.08 Å². The predicted molar refractivity (Wildman–Crippen MR) is 116 cm³/mol. The Morgan fingerprint density at radius 2 is 1.73 bits per heavy atom. The van der Waals surface area contributed by atoms with E-state index in [9.17, 15) is 4.79 Å². The number of amides is 1. The highest BCUT2D eigenvalue weighted by atomic mass is 16.1. The first-order valence-corrected chi connectivity index (χ1v) is 9.20. The maximum absolute atomic E-state index is 11.0. The topological polar surface area (TPSA) is 130 Å². The van der Waals surface area contributed by atoms with Gasteiger partial charge in [-0.05, 0) is 79.9 Å². The van der Waals surface area contributed by atoms with E-state index < -0.39 is 5.91 Å². The first-order valence-electron chi connectivity index (χ1n) is 9.20. The molecule has 8 heteroatoms. The Morgan fingerprint density at radius 1 is 1.07 bits per heavy atom. The average molecular weight is 399 g/mol. The van der Waals surface area contributed by atoms with Crippen LogP contribution in [0, 0.1) is 32.1 Å². The molecule has 3 rings (SSSR count). The number of nitrogens with zero attached hydrogens (tertiary/aromatic N) is 4. The van der Waals surface area contributed by atoms with Crippen molar-refractivity contribution in [2.24, 2.45) is 5.73 Å². The Labute approximate surface area is 174 Å². The third kappa shape index (κ3) is 4.97. The van der Waals surface area contributed by atoms with Gasteiger partial charge in [0.2, 0.25) is 11.9 Å². The molecule has 3 aromatic rings. The molecule has 0 fully saturated rings. The van der Waals surface area contributed by atoms with Gasteiger partial charge in [0.15, 0.2) is 5.82 Å². The number of aryl methyl sites for hydroxylation is 3. The zero-order chi connectivity index (χ0) is 21.7. The van der Waals surface area contributed by atoms with Gasteiger partial charge in [-0.25, -0.2) is 0 Å². The summed E-state index contributed by atoms with van der Waals surface area (Å²) in [6.07, 6.45) is 3.02. The van der Waals surface area contributed by atoms with E-state index in [-0.39, 0.29) is 0 Å². The average Bonchev–Trinajstić information content (AvgIpc) is 2.72. The van der Waals surface area contributed by atoms with Gasteiger partial charge in [0, 0.05) is 17.5 Å². The summed E-state index contributed by atoms with van der Waals surface area (Å²) in [5.74, 6) is 0.425. The number of nitrogens with two attached hydrogens (primary N) is 1. The van der Waals surface area contributed by atoms with Crippen molar-refractivity contribution in [2.75, 3.05) is 10.6 Å². The van der Waals surface area contributed by atoms with Crippen LogP contribution < -0.4 is 16.4 Å². The lowest BCUT2D eigenvalue weighted by atomic mass is 10.0. The molecule has 0 saturated heterocycles. The zero-order valence-electron chi connectivity index (χ0n) is 16.9. The number of benzene rings is 2. The number of hydrogen-bond acceptors (Lipinski definition) is 7. The number of hydrogen-bond donors (Lipinski definition) is 3. The summed E-state index contributed by atoms with van der Waals surface area (Å²) >= 11 is 0. The number of primary amides is 1. The number of aromatic nitrogens is 3. The molecule has 0 unspecified atom stereocenters. The zero-order valence-corrected chi connectivity index (χ0v) is 16.9. The van der Waals surface area contributed by atoms with Crippen molar-refractivity contribution in [2.45, 2.75) is 20.8 Å². The summed E-state index contributed by atoms with van der Waals surface area (Å²) in [5, 5.41) is 23.6. The highest BCUT2D eigenvalue weighted by Gasteiger charge is 2.10. The van der Waals surface area contributed by atoms with E-state index >= 15 is 0 Å². The Bertz CT molecular complexity index is 1140. The fourth-order valence-corrected chi connectivity index (χ4v) is 2.89. The van der Waals surface area contributed by atoms with Crippen LogP contribution in [-0.2, 0) is 4.79 Å². The van der Waals surface area contributed by atoms with Crippen molar-refractivity contribution in [3.05, 3.63) is 70.4 Å². The fraction of sp³-hybridized carbons (Fsp3) is 0.136. The van der Waals surface area contributed by atoms with Crippen molar-refractivity contribution in [3.63, 3.8) is 0 Å². The number of carbonyl (C=O) groups excluding carboxylic acids is 1. The summed E-state index contributed by atoms with van der Waals surface area (Å²) in [6.45, 7) is 5.76. The minimum absolute atomic E-state index is 0.337. The van der Waals surface area contributed by atoms with Gasteiger partial charge in [0.05, 0.1) is 11.6 Å². The van der Waals surface area contributed by atoms with Crippen LogP contribution in [0.2, 0.25) is 0 Å². The van der Waals surface area contributed by atoms with Crippen molar-refractivity contribution in [1.29, 1.82) is 5.26 Å². The molecule has 0 saturated carbocycles. The Hall–Kier alpha value is -4.25. The molecule has 0 aliphatic rings. The number of nitriles is 1. The fourth-order valence-electron chi connectivity index (χ4n) is 2.89. The maximum Gasteiger partial charge on any atom is 0.249 e. The van der Waals surface area contributed by atoms with E-state index in [0.717, 1.165) is 28.1 Å². The van der Waals surface area contributed by atoms with Crippen LogP contribution in [0.1, 0.15) is 27.9 Å². The Balaban J connectivity index is 1.85. The second-order valence-corrected chi connectivity index (χ2v) is 6.77. The third-order valence-corrected chi connectivity index (χ3v) is 4.36. The molecular weight excluding hydrogens is 378 g/mol. The molecule has 30 heavy (non-hydrogen) atoms. The quantitative estimate of drug-likeness (QED) is 0.539. The molecule has 0 atom stereocenters. The molecule has 0 aliphatic heterocycles. The minimum Gasteiger partial charge on any atom is -0.366 e. The SMILES string of the molecule is Cc1cc(C=CC(N)=O)cc(C)c1Nc1nc(Nc2ccc(C#N)cc2)nnc1C. The van der Waals surface area contributed by atoms with Crippen LogP contribution in [0.25, 0.3) is 6.08 Å².